The first-order chi connectivity index (χ1) is 13.0. The van der Waals surface area contributed by atoms with Crippen LogP contribution in [0.5, 0.6) is 0 Å². The minimum Gasteiger partial charge on any atom is -0.378 e. The average Bonchev–Trinajstić information content (AvgIpc) is 2.69. The number of nitrogens with zero attached hydrogens (tertiary/aromatic N) is 2. The Kier molecular flexibility index (Phi) is 6.22. The van der Waals surface area contributed by atoms with Crippen LogP contribution in [0.3, 0.4) is 0 Å². The zero-order valence-electron chi connectivity index (χ0n) is 16.5. The predicted molar refractivity (Wildman–Crippen MR) is 115 cm³/mol. The highest BCUT2D eigenvalue weighted by molar-refractivity contribution is 5.96. The van der Waals surface area contributed by atoms with Crippen LogP contribution in [-0.2, 0) is 4.79 Å². The number of carbonyl (C=O) groups is 1. The zero-order chi connectivity index (χ0) is 19.2. The molecule has 2 aromatic rings. The molecule has 0 aliphatic carbocycles. The van der Waals surface area contributed by atoms with Crippen molar-refractivity contribution in [3.63, 3.8) is 0 Å². The lowest BCUT2D eigenvalue weighted by molar-refractivity contribution is -0.116. The first-order valence-corrected chi connectivity index (χ1v) is 9.73. The summed E-state index contributed by atoms with van der Waals surface area (Å²) in [6.07, 6.45) is 3.88. The van der Waals surface area contributed by atoms with E-state index in [9.17, 15) is 4.79 Å². The van der Waals surface area contributed by atoms with Crippen LogP contribution in [0.25, 0.3) is 0 Å². The van der Waals surface area contributed by atoms with E-state index in [0.717, 1.165) is 30.2 Å². The summed E-state index contributed by atoms with van der Waals surface area (Å²) in [5.41, 5.74) is 4.13. The summed E-state index contributed by atoms with van der Waals surface area (Å²) in [5, 5.41) is 6.25. The summed E-state index contributed by atoms with van der Waals surface area (Å²) in [6, 6.07) is 15.9. The number of nitrogens with one attached hydrogen (secondary N) is 2. The fourth-order valence-corrected chi connectivity index (χ4v) is 3.33. The number of anilines is 4. The van der Waals surface area contributed by atoms with Gasteiger partial charge >= 0.3 is 0 Å². The van der Waals surface area contributed by atoms with Crippen LogP contribution >= 0.6 is 0 Å². The van der Waals surface area contributed by atoms with Crippen molar-refractivity contribution in [2.45, 2.75) is 32.2 Å². The highest BCUT2D eigenvalue weighted by atomic mass is 16.2. The van der Waals surface area contributed by atoms with Gasteiger partial charge in [0.1, 0.15) is 6.04 Å². The number of piperidine rings is 1. The van der Waals surface area contributed by atoms with E-state index in [4.69, 9.17) is 0 Å². The minimum absolute atomic E-state index is 0.0484. The third kappa shape index (κ3) is 5.16. The van der Waals surface area contributed by atoms with Crippen molar-refractivity contribution in [3.05, 3.63) is 48.5 Å². The number of benzene rings is 2. The molecule has 1 amide bonds. The summed E-state index contributed by atoms with van der Waals surface area (Å²) in [4.78, 5) is 16.9. The molecule has 3 rings (SSSR count). The van der Waals surface area contributed by atoms with Crippen molar-refractivity contribution in [1.82, 2.24) is 0 Å². The smallest absolute Gasteiger partial charge is 0.246 e. The molecule has 1 atom stereocenters. The molecular formula is C22H30N4O. The maximum absolute atomic E-state index is 12.5. The van der Waals surface area contributed by atoms with Crippen LogP contribution in [0.15, 0.2) is 48.5 Å². The molecule has 0 spiro atoms. The van der Waals surface area contributed by atoms with Gasteiger partial charge in [0.2, 0.25) is 5.91 Å². The third-order valence-corrected chi connectivity index (χ3v) is 5.02. The fourth-order valence-electron chi connectivity index (χ4n) is 3.33. The first kappa shape index (κ1) is 19.1. The number of hydrogen-bond acceptors (Lipinski definition) is 4. The van der Waals surface area contributed by atoms with E-state index in [1.54, 1.807) is 0 Å². The average molecular weight is 367 g/mol. The van der Waals surface area contributed by atoms with Gasteiger partial charge in [-0.05, 0) is 74.7 Å². The Morgan fingerprint density at radius 2 is 1.52 bits per heavy atom. The van der Waals surface area contributed by atoms with Gasteiger partial charge < -0.3 is 20.4 Å². The minimum atomic E-state index is -0.320. The quantitative estimate of drug-likeness (QED) is 0.805. The predicted octanol–water partition coefficient (Wildman–Crippen LogP) is 4.18. The number of hydrogen-bond donors (Lipinski definition) is 2. The molecule has 1 heterocycles. The Morgan fingerprint density at radius 1 is 0.926 bits per heavy atom. The van der Waals surface area contributed by atoms with Crippen LogP contribution < -0.4 is 20.4 Å². The van der Waals surface area contributed by atoms with E-state index >= 15 is 0 Å². The Balaban J connectivity index is 1.54. The fraction of sp³-hybridized carbons (Fsp3) is 0.409. The molecule has 1 aliphatic rings. The molecule has 0 unspecified atom stereocenters. The van der Waals surface area contributed by atoms with Crippen LogP contribution in [-0.4, -0.2) is 39.1 Å². The molecule has 2 aromatic carbocycles. The van der Waals surface area contributed by atoms with E-state index in [1.165, 1.54) is 24.9 Å². The van der Waals surface area contributed by atoms with Gasteiger partial charge in [0.25, 0.3) is 0 Å². The normalized spacial score (nSPS) is 15.1. The largest absolute Gasteiger partial charge is 0.378 e. The van der Waals surface area contributed by atoms with Crippen molar-refractivity contribution in [1.29, 1.82) is 0 Å². The standard InChI is InChI=1S/C22H30N4O/c1-17(22(27)24-19-7-11-20(12-8-19)25(2)3)23-18-9-13-21(14-10-18)26-15-5-4-6-16-26/h7-14,17,23H,4-6,15-16H2,1-3H3,(H,24,27)/t17-/m0/s1. The molecule has 1 fully saturated rings. The van der Waals surface area contributed by atoms with Crippen molar-refractivity contribution < 1.29 is 4.79 Å². The lowest BCUT2D eigenvalue weighted by atomic mass is 10.1. The molecule has 5 heteroatoms. The Morgan fingerprint density at radius 3 is 2.11 bits per heavy atom. The van der Waals surface area contributed by atoms with Crippen molar-refractivity contribution in [2.75, 3.05) is 47.6 Å². The summed E-state index contributed by atoms with van der Waals surface area (Å²) in [6.45, 7) is 4.15. The van der Waals surface area contributed by atoms with Gasteiger partial charge in [-0.15, -0.1) is 0 Å². The Bertz CT molecular complexity index is 734. The molecule has 1 saturated heterocycles. The highest BCUT2D eigenvalue weighted by Crippen LogP contribution is 2.22. The molecule has 2 N–H and O–H groups in total. The maximum atomic E-state index is 12.5. The topological polar surface area (TPSA) is 47.6 Å². The van der Waals surface area contributed by atoms with Gasteiger partial charge in [0, 0.05) is 49.9 Å². The van der Waals surface area contributed by atoms with E-state index in [2.05, 4.69) is 39.8 Å². The Hall–Kier alpha value is -2.69. The summed E-state index contributed by atoms with van der Waals surface area (Å²) < 4.78 is 0. The second-order valence-electron chi connectivity index (χ2n) is 7.39. The molecule has 0 radical (unpaired) electrons. The lowest BCUT2D eigenvalue weighted by Crippen LogP contribution is -2.32. The molecular weight excluding hydrogens is 336 g/mol. The van der Waals surface area contributed by atoms with Gasteiger partial charge in [-0.2, -0.15) is 0 Å². The van der Waals surface area contributed by atoms with Crippen molar-refractivity contribution in [2.24, 2.45) is 0 Å². The maximum Gasteiger partial charge on any atom is 0.246 e. The number of amides is 1. The van der Waals surface area contributed by atoms with Crippen molar-refractivity contribution in [3.8, 4) is 0 Å². The van der Waals surface area contributed by atoms with Crippen LogP contribution in [0.1, 0.15) is 26.2 Å². The monoisotopic (exact) mass is 366 g/mol. The van der Waals surface area contributed by atoms with E-state index in [-0.39, 0.29) is 11.9 Å². The molecule has 5 nitrogen and oxygen atoms in total. The van der Waals surface area contributed by atoms with Gasteiger partial charge in [0.05, 0.1) is 0 Å². The van der Waals surface area contributed by atoms with Gasteiger partial charge in [-0.3, -0.25) is 4.79 Å². The summed E-state index contributed by atoms with van der Waals surface area (Å²) in [7, 11) is 3.99. The molecule has 1 aliphatic heterocycles. The second-order valence-corrected chi connectivity index (χ2v) is 7.39. The van der Waals surface area contributed by atoms with Crippen molar-refractivity contribution >= 4 is 28.7 Å². The molecule has 0 bridgehead atoms. The van der Waals surface area contributed by atoms with E-state index in [1.807, 2.05) is 50.2 Å². The van der Waals surface area contributed by atoms with Crippen LogP contribution in [0.4, 0.5) is 22.7 Å². The summed E-state index contributed by atoms with van der Waals surface area (Å²) in [5.74, 6) is -0.0484. The third-order valence-electron chi connectivity index (χ3n) is 5.02. The zero-order valence-corrected chi connectivity index (χ0v) is 16.5. The van der Waals surface area contributed by atoms with Gasteiger partial charge in [0.15, 0.2) is 0 Å². The molecule has 144 valence electrons. The number of carbonyl (C=O) groups excluding carboxylic acids is 1. The Labute approximate surface area is 162 Å². The second kappa shape index (κ2) is 8.80. The SMILES string of the molecule is C[C@H](Nc1ccc(N2CCCCC2)cc1)C(=O)Nc1ccc(N(C)C)cc1. The molecule has 27 heavy (non-hydrogen) atoms. The van der Waals surface area contributed by atoms with Gasteiger partial charge in [-0.1, -0.05) is 0 Å². The van der Waals surface area contributed by atoms with E-state index < -0.39 is 0 Å². The van der Waals surface area contributed by atoms with Crippen LogP contribution in [0.2, 0.25) is 0 Å². The lowest BCUT2D eigenvalue weighted by Gasteiger charge is -2.29. The number of rotatable bonds is 6. The molecule has 0 saturated carbocycles. The van der Waals surface area contributed by atoms with Gasteiger partial charge in [-0.25, -0.2) is 0 Å². The molecule has 0 aromatic heterocycles. The van der Waals surface area contributed by atoms with Crippen LogP contribution in [0, 0.1) is 0 Å². The first-order valence-electron chi connectivity index (χ1n) is 9.73. The summed E-state index contributed by atoms with van der Waals surface area (Å²) >= 11 is 0. The van der Waals surface area contributed by atoms with E-state index in [0.29, 0.717) is 0 Å². The highest BCUT2D eigenvalue weighted by Gasteiger charge is 2.14.